The molecular formula is C32H30ClF3N2O5. The second-order valence-corrected chi connectivity index (χ2v) is 12.9. The monoisotopic (exact) mass is 614 g/mol. The van der Waals surface area contributed by atoms with Crippen molar-refractivity contribution in [1.29, 1.82) is 0 Å². The summed E-state index contributed by atoms with van der Waals surface area (Å²) in [7, 11) is 1.50. The van der Waals surface area contributed by atoms with E-state index in [-0.39, 0.29) is 40.9 Å². The lowest BCUT2D eigenvalue weighted by molar-refractivity contribution is -0.214. The van der Waals surface area contributed by atoms with Crippen molar-refractivity contribution in [1.82, 2.24) is 4.90 Å². The van der Waals surface area contributed by atoms with E-state index < -0.39 is 51.6 Å². The Bertz CT molecular complexity index is 1610. The highest BCUT2D eigenvalue weighted by atomic mass is 35.5. The summed E-state index contributed by atoms with van der Waals surface area (Å²) in [4.78, 5) is 44.1. The van der Waals surface area contributed by atoms with Crippen LogP contribution in [-0.2, 0) is 26.4 Å². The van der Waals surface area contributed by atoms with E-state index in [1.165, 1.54) is 19.2 Å². The maximum atomic E-state index is 15.7. The molecule has 4 aliphatic rings. The standard InChI is InChI=1S/C32H30ClF3N2O5/c1-28(2)29(3)15-16-30(28,26(40)43-29)25(39)38-27(41)37(18-20-7-10-22(42-4)11-8-20)24-12-9-21(33)17-23(24)31(38,32(34,35)36)14-13-19-5-6-19/h7-12,17,19H,5-6,15-16,18H2,1-4H3/t29-,30+,31+/m1/s1. The molecule has 2 bridgehead atoms. The number of esters is 1. The molecule has 2 aliphatic carbocycles. The fourth-order valence-electron chi connectivity index (χ4n) is 6.72. The molecule has 3 atom stereocenters. The number of urea groups is 1. The molecule has 0 radical (unpaired) electrons. The summed E-state index contributed by atoms with van der Waals surface area (Å²) >= 11 is 6.30. The molecule has 11 heteroatoms. The zero-order valence-corrected chi connectivity index (χ0v) is 24.9. The number of amides is 3. The van der Waals surface area contributed by atoms with Crippen molar-refractivity contribution >= 4 is 35.2 Å². The Morgan fingerprint density at radius 2 is 1.77 bits per heavy atom. The predicted molar refractivity (Wildman–Crippen MR) is 151 cm³/mol. The number of carbonyl (C=O) groups excluding carboxylic acids is 3. The Kier molecular flexibility index (Phi) is 6.41. The van der Waals surface area contributed by atoms with Crippen LogP contribution in [0, 0.1) is 28.6 Å². The fraction of sp³-hybridized carbons (Fsp3) is 0.469. The van der Waals surface area contributed by atoms with Crippen LogP contribution in [0.2, 0.25) is 5.02 Å². The molecular weight excluding hydrogens is 585 g/mol. The molecule has 2 aromatic rings. The van der Waals surface area contributed by atoms with Gasteiger partial charge in [0.15, 0.2) is 5.41 Å². The van der Waals surface area contributed by atoms with Gasteiger partial charge in [0.05, 0.1) is 19.3 Å². The van der Waals surface area contributed by atoms with Crippen molar-refractivity contribution in [3.63, 3.8) is 0 Å². The molecule has 0 spiro atoms. The third kappa shape index (κ3) is 3.93. The first-order valence-corrected chi connectivity index (χ1v) is 14.4. The molecule has 0 unspecified atom stereocenters. The van der Waals surface area contributed by atoms with Crippen LogP contribution in [0.15, 0.2) is 42.5 Å². The Morgan fingerprint density at radius 3 is 2.30 bits per heavy atom. The van der Waals surface area contributed by atoms with Crippen molar-refractivity contribution < 1.29 is 37.0 Å². The van der Waals surface area contributed by atoms with E-state index in [4.69, 9.17) is 21.1 Å². The van der Waals surface area contributed by atoms with Crippen molar-refractivity contribution in [3.8, 4) is 17.6 Å². The van der Waals surface area contributed by atoms with Crippen LogP contribution < -0.4 is 9.64 Å². The average Bonchev–Trinajstić information content (AvgIpc) is 3.72. The summed E-state index contributed by atoms with van der Waals surface area (Å²) in [6.07, 6.45) is -3.85. The number of nitrogens with zero attached hydrogens (tertiary/aromatic N) is 2. The minimum absolute atomic E-state index is 0.0287. The number of carbonyl (C=O) groups is 3. The number of rotatable bonds is 4. The molecule has 1 saturated heterocycles. The van der Waals surface area contributed by atoms with E-state index in [0.717, 1.165) is 11.0 Å². The maximum Gasteiger partial charge on any atom is 0.428 e. The van der Waals surface area contributed by atoms with E-state index in [1.54, 1.807) is 45.0 Å². The summed E-state index contributed by atoms with van der Waals surface area (Å²) in [5, 5.41) is -0.0287. The van der Waals surface area contributed by atoms with Crippen molar-refractivity contribution in [2.45, 2.75) is 70.3 Å². The van der Waals surface area contributed by atoms with E-state index >= 15 is 13.2 Å². The largest absolute Gasteiger partial charge is 0.497 e. The molecule has 7 nitrogen and oxygen atoms in total. The summed E-state index contributed by atoms with van der Waals surface area (Å²) in [6.45, 7) is 4.74. The Morgan fingerprint density at radius 1 is 1.09 bits per heavy atom. The second kappa shape index (κ2) is 9.39. The van der Waals surface area contributed by atoms with Gasteiger partial charge in [-0.15, -0.1) is 0 Å². The zero-order valence-electron chi connectivity index (χ0n) is 24.1. The van der Waals surface area contributed by atoms with Gasteiger partial charge in [-0.1, -0.05) is 49.4 Å². The van der Waals surface area contributed by atoms with Crippen LogP contribution in [0.5, 0.6) is 5.75 Å². The van der Waals surface area contributed by atoms with E-state index in [9.17, 15) is 14.4 Å². The predicted octanol–water partition coefficient (Wildman–Crippen LogP) is 6.61. The van der Waals surface area contributed by atoms with Crippen LogP contribution in [0.4, 0.5) is 23.7 Å². The second-order valence-electron chi connectivity index (χ2n) is 12.4. The van der Waals surface area contributed by atoms with Gasteiger partial charge >= 0.3 is 18.2 Å². The number of halogens is 4. The van der Waals surface area contributed by atoms with Gasteiger partial charge in [0.2, 0.25) is 5.54 Å². The van der Waals surface area contributed by atoms with E-state index in [1.807, 2.05) is 0 Å². The number of imide groups is 1. The number of ether oxygens (including phenoxy) is 2. The van der Waals surface area contributed by atoms with Crippen LogP contribution in [0.3, 0.4) is 0 Å². The van der Waals surface area contributed by atoms with Gasteiger partial charge in [-0.25, -0.2) is 9.69 Å². The molecule has 3 amide bonds. The lowest BCUT2D eigenvalue weighted by atomic mass is 9.64. The molecule has 2 aromatic carbocycles. The maximum absolute atomic E-state index is 15.7. The quantitative estimate of drug-likeness (QED) is 0.220. The van der Waals surface area contributed by atoms with Crippen LogP contribution in [0.25, 0.3) is 0 Å². The number of hydrogen-bond acceptors (Lipinski definition) is 5. The van der Waals surface area contributed by atoms with Crippen LogP contribution >= 0.6 is 11.6 Å². The molecule has 3 fully saturated rings. The van der Waals surface area contributed by atoms with E-state index in [2.05, 4.69) is 11.8 Å². The van der Waals surface area contributed by atoms with Gasteiger partial charge in [0, 0.05) is 21.9 Å². The Labute approximate surface area is 252 Å². The number of fused-ring (bicyclic) bond motifs is 3. The molecule has 226 valence electrons. The molecule has 2 aliphatic heterocycles. The topological polar surface area (TPSA) is 76.2 Å². The van der Waals surface area contributed by atoms with Crippen LogP contribution in [-0.4, -0.2) is 41.7 Å². The molecule has 2 heterocycles. The Hall–Kier alpha value is -3.71. The molecule has 0 aromatic heterocycles. The lowest BCUT2D eigenvalue weighted by Crippen LogP contribution is -2.69. The zero-order chi connectivity index (χ0) is 31.2. The Balaban J connectivity index is 1.61. The minimum atomic E-state index is -5.25. The first-order valence-electron chi connectivity index (χ1n) is 14.0. The van der Waals surface area contributed by atoms with Crippen LogP contribution in [0.1, 0.15) is 57.6 Å². The summed E-state index contributed by atoms with van der Waals surface area (Å²) in [5.74, 6) is 3.09. The number of anilines is 1. The minimum Gasteiger partial charge on any atom is -0.497 e. The number of alkyl halides is 3. The van der Waals surface area contributed by atoms with Gasteiger partial charge in [0.1, 0.15) is 11.4 Å². The normalized spacial score (nSPS) is 29.1. The third-order valence-electron chi connectivity index (χ3n) is 9.94. The van der Waals surface area contributed by atoms with Gasteiger partial charge in [-0.05, 0) is 68.5 Å². The summed E-state index contributed by atoms with van der Waals surface area (Å²) in [6, 6.07) is 9.25. The third-order valence-corrected chi connectivity index (χ3v) is 10.2. The fourth-order valence-corrected chi connectivity index (χ4v) is 6.89. The van der Waals surface area contributed by atoms with Gasteiger partial charge < -0.3 is 9.47 Å². The highest BCUT2D eigenvalue weighted by molar-refractivity contribution is 6.31. The SMILES string of the molecule is COc1ccc(CN2C(=O)N(C(=O)[C@@]34CC[C@@](C)(OC3=O)C4(C)C)[C@](C#CC3CC3)(C(F)(F)F)c3cc(Cl)ccc32)cc1. The summed E-state index contributed by atoms with van der Waals surface area (Å²) < 4.78 is 58.1. The van der Waals surface area contributed by atoms with Crippen molar-refractivity contribution in [3.05, 3.63) is 58.6 Å². The van der Waals surface area contributed by atoms with Gasteiger partial charge in [-0.3, -0.25) is 14.5 Å². The highest BCUT2D eigenvalue weighted by Crippen LogP contribution is 2.67. The molecule has 43 heavy (non-hydrogen) atoms. The van der Waals surface area contributed by atoms with E-state index in [0.29, 0.717) is 24.2 Å². The first-order chi connectivity index (χ1) is 20.1. The van der Waals surface area contributed by atoms with Gasteiger partial charge in [0.25, 0.3) is 5.91 Å². The summed E-state index contributed by atoms with van der Waals surface area (Å²) in [5.41, 5.74) is -7.71. The molecule has 6 rings (SSSR count). The highest BCUT2D eigenvalue weighted by Gasteiger charge is 2.79. The number of benzene rings is 2. The smallest absolute Gasteiger partial charge is 0.428 e. The average molecular weight is 615 g/mol. The molecule has 2 saturated carbocycles. The number of methoxy groups -OCH3 is 1. The lowest BCUT2D eigenvalue weighted by Gasteiger charge is -2.50. The number of hydrogen-bond donors (Lipinski definition) is 0. The van der Waals surface area contributed by atoms with Crippen molar-refractivity contribution in [2.24, 2.45) is 16.7 Å². The van der Waals surface area contributed by atoms with Crippen molar-refractivity contribution in [2.75, 3.05) is 12.0 Å². The first kappa shape index (κ1) is 29.4. The van der Waals surface area contributed by atoms with Gasteiger partial charge in [-0.2, -0.15) is 13.2 Å². The molecule has 0 N–H and O–H groups in total.